The van der Waals surface area contributed by atoms with Gasteiger partial charge in [-0.2, -0.15) is 0 Å². The lowest BCUT2D eigenvalue weighted by Gasteiger charge is -2.26. The number of benzene rings is 2. The molecule has 1 fully saturated rings. The minimum absolute atomic E-state index is 0.115. The fourth-order valence-corrected chi connectivity index (χ4v) is 5.22. The van der Waals surface area contributed by atoms with Crippen LogP contribution in [0.1, 0.15) is 31.6 Å². The van der Waals surface area contributed by atoms with Gasteiger partial charge in [0, 0.05) is 17.3 Å². The van der Waals surface area contributed by atoms with Gasteiger partial charge in [0.15, 0.2) is 0 Å². The van der Waals surface area contributed by atoms with Gasteiger partial charge in [-0.05, 0) is 57.1 Å². The number of hydrogen-bond acceptors (Lipinski definition) is 5. The molecule has 2 aromatic carbocycles. The van der Waals surface area contributed by atoms with E-state index in [1.54, 1.807) is 18.4 Å². The van der Waals surface area contributed by atoms with E-state index in [1.165, 1.54) is 0 Å². The van der Waals surface area contributed by atoms with Crippen LogP contribution in [-0.2, 0) is 10.0 Å². The summed E-state index contributed by atoms with van der Waals surface area (Å²) in [6, 6.07) is 14.4. The molecule has 154 valence electrons. The number of fused-ring (bicyclic) bond motifs is 1. The van der Waals surface area contributed by atoms with Crippen LogP contribution in [0.5, 0.6) is 5.75 Å². The van der Waals surface area contributed by atoms with Crippen molar-refractivity contribution in [2.45, 2.75) is 30.7 Å². The number of sulfonamides is 1. The van der Waals surface area contributed by atoms with Crippen molar-refractivity contribution in [2.75, 3.05) is 26.2 Å². The van der Waals surface area contributed by atoms with Crippen LogP contribution in [0.2, 0.25) is 0 Å². The molecule has 1 unspecified atom stereocenters. The second kappa shape index (κ2) is 8.57. The van der Waals surface area contributed by atoms with Gasteiger partial charge < -0.3 is 9.15 Å². The average Bonchev–Trinajstić information content (AvgIpc) is 3.43. The standard InChI is InChI=1S/C22H26N2O4S/c1-2-27-20-11-12-22(18-9-4-3-8-17(18)20)29(25,26)23-16-19(21-10-7-15-28-21)24-13-5-6-14-24/h3-4,7-12,15,19,23H,2,5-6,13-14,16H2,1H3. The average molecular weight is 415 g/mol. The van der Waals surface area contributed by atoms with E-state index in [2.05, 4.69) is 9.62 Å². The molecule has 1 aliphatic heterocycles. The first-order valence-electron chi connectivity index (χ1n) is 10.0. The van der Waals surface area contributed by atoms with E-state index in [-0.39, 0.29) is 17.5 Å². The summed E-state index contributed by atoms with van der Waals surface area (Å²) in [4.78, 5) is 2.54. The lowest BCUT2D eigenvalue weighted by atomic mass is 10.1. The Morgan fingerprint density at radius 1 is 1.07 bits per heavy atom. The predicted molar refractivity (Wildman–Crippen MR) is 113 cm³/mol. The van der Waals surface area contributed by atoms with E-state index < -0.39 is 10.0 Å². The molecular weight excluding hydrogens is 388 g/mol. The van der Waals surface area contributed by atoms with Crippen LogP contribution < -0.4 is 9.46 Å². The van der Waals surface area contributed by atoms with Gasteiger partial charge in [-0.15, -0.1) is 0 Å². The topological polar surface area (TPSA) is 71.8 Å². The molecule has 0 saturated carbocycles. The maximum atomic E-state index is 13.2. The summed E-state index contributed by atoms with van der Waals surface area (Å²) in [6.45, 7) is 4.58. The fourth-order valence-electron chi connectivity index (χ4n) is 3.97. The van der Waals surface area contributed by atoms with Gasteiger partial charge in [0.1, 0.15) is 11.5 Å². The Morgan fingerprint density at radius 2 is 1.83 bits per heavy atom. The molecule has 1 aliphatic rings. The molecule has 1 saturated heterocycles. The molecule has 0 amide bonds. The lowest BCUT2D eigenvalue weighted by Crippen LogP contribution is -2.36. The third-order valence-electron chi connectivity index (χ3n) is 5.35. The summed E-state index contributed by atoms with van der Waals surface area (Å²) in [5, 5.41) is 1.45. The third-order valence-corrected chi connectivity index (χ3v) is 6.83. The molecule has 7 heteroatoms. The number of rotatable bonds is 8. The summed E-state index contributed by atoms with van der Waals surface area (Å²) in [5.74, 6) is 1.47. The van der Waals surface area contributed by atoms with Gasteiger partial charge in [0.25, 0.3) is 0 Å². The van der Waals surface area contributed by atoms with Gasteiger partial charge in [0.05, 0.1) is 23.8 Å². The Bertz CT molecular complexity index is 1060. The first-order chi connectivity index (χ1) is 14.1. The van der Waals surface area contributed by atoms with Crippen molar-refractivity contribution >= 4 is 20.8 Å². The summed E-state index contributed by atoms with van der Waals surface area (Å²) in [7, 11) is -3.71. The smallest absolute Gasteiger partial charge is 0.241 e. The second-order valence-corrected chi connectivity index (χ2v) is 8.90. The normalized spacial score (nSPS) is 16.3. The van der Waals surface area contributed by atoms with E-state index in [4.69, 9.17) is 9.15 Å². The van der Waals surface area contributed by atoms with Gasteiger partial charge in [-0.25, -0.2) is 13.1 Å². The van der Waals surface area contributed by atoms with Crippen molar-refractivity contribution in [1.29, 1.82) is 0 Å². The quantitative estimate of drug-likeness (QED) is 0.604. The molecule has 0 spiro atoms. The van der Waals surface area contributed by atoms with Crippen LogP contribution in [0.15, 0.2) is 64.1 Å². The molecule has 4 rings (SSSR count). The number of furan rings is 1. The lowest BCUT2D eigenvalue weighted by molar-refractivity contribution is 0.216. The number of nitrogens with one attached hydrogen (secondary N) is 1. The highest BCUT2D eigenvalue weighted by Gasteiger charge is 2.28. The predicted octanol–water partition coefficient (Wildman–Crippen LogP) is 3.95. The van der Waals surface area contributed by atoms with Gasteiger partial charge in [0.2, 0.25) is 10.0 Å². The first kappa shape index (κ1) is 19.9. The third kappa shape index (κ3) is 4.17. The molecule has 1 N–H and O–H groups in total. The SMILES string of the molecule is CCOc1ccc(S(=O)(=O)NCC(c2ccco2)N2CCCC2)c2ccccc12. The van der Waals surface area contributed by atoms with E-state index >= 15 is 0 Å². The van der Waals surface area contributed by atoms with Crippen LogP contribution in [0.3, 0.4) is 0 Å². The van der Waals surface area contributed by atoms with Gasteiger partial charge >= 0.3 is 0 Å². The Balaban J connectivity index is 1.62. The largest absolute Gasteiger partial charge is 0.493 e. The molecule has 0 aliphatic carbocycles. The van der Waals surface area contributed by atoms with Crippen molar-refractivity contribution in [3.05, 3.63) is 60.6 Å². The van der Waals surface area contributed by atoms with E-state index in [0.29, 0.717) is 17.7 Å². The zero-order valence-electron chi connectivity index (χ0n) is 16.5. The summed E-state index contributed by atoms with van der Waals surface area (Å²) in [5.41, 5.74) is 0. The summed E-state index contributed by atoms with van der Waals surface area (Å²) < 4.78 is 40.5. The minimum Gasteiger partial charge on any atom is -0.493 e. The Kier molecular flexibility index (Phi) is 5.89. The van der Waals surface area contributed by atoms with Crippen LogP contribution >= 0.6 is 0 Å². The molecule has 1 aromatic heterocycles. The zero-order chi connectivity index (χ0) is 20.3. The number of ether oxygens (including phenoxy) is 1. The number of nitrogens with zero attached hydrogens (tertiary/aromatic N) is 1. The van der Waals surface area contributed by atoms with Crippen molar-refractivity contribution in [3.8, 4) is 5.75 Å². The van der Waals surface area contributed by atoms with Gasteiger partial charge in [-0.1, -0.05) is 24.3 Å². The summed E-state index contributed by atoms with van der Waals surface area (Å²) >= 11 is 0. The number of likely N-dealkylation sites (tertiary alicyclic amines) is 1. The Labute approximate surface area is 171 Å². The molecule has 3 aromatic rings. The molecule has 0 radical (unpaired) electrons. The zero-order valence-corrected chi connectivity index (χ0v) is 17.3. The van der Waals surface area contributed by atoms with Crippen molar-refractivity contribution in [1.82, 2.24) is 9.62 Å². The van der Waals surface area contributed by atoms with Crippen LogP contribution in [0.25, 0.3) is 10.8 Å². The number of hydrogen-bond donors (Lipinski definition) is 1. The van der Waals surface area contributed by atoms with E-state index in [9.17, 15) is 8.42 Å². The van der Waals surface area contributed by atoms with Crippen molar-refractivity contribution in [2.24, 2.45) is 0 Å². The molecular formula is C22H26N2O4S. The van der Waals surface area contributed by atoms with Crippen LogP contribution in [-0.4, -0.2) is 39.6 Å². The van der Waals surface area contributed by atoms with Crippen molar-refractivity contribution in [3.63, 3.8) is 0 Å². The highest BCUT2D eigenvalue weighted by atomic mass is 32.2. The van der Waals surface area contributed by atoms with Crippen LogP contribution in [0.4, 0.5) is 0 Å². The van der Waals surface area contributed by atoms with E-state index in [1.807, 2.05) is 43.3 Å². The molecule has 1 atom stereocenters. The Hall–Kier alpha value is -2.35. The Morgan fingerprint density at radius 3 is 2.52 bits per heavy atom. The minimum atomic E-state index is -3.71. The first-order valence-corrected chi connectivity index (χ1v) is 11.5. The highest BCUT2D eigenvalue weighted by molar-refractivity contribution is 7.89. The van der Waals surface area contributed by atoms with Crippen LogP contribution in [0, 0.1) is 0 Å². The molecule has 6 nitrogen and oxygen atoms in total. The fraction of sp³-hybridized carbons (Fsp3) is 0.364. The maximum absolute atomic E-state index is 13.2. The van der Waals surface area contributed by atoms with Gasteiger partial charge in [-0.3, -0.25) is 4.90 Å². The maximum Gasteiger partial charge on any atom is 0.241 e. The van der Waals surface area contributed by atoms with Crippen molar-refractivity contribution < 1.29 is 17.6 Å². The second-order valence-electron chi connectivity index (χ2n) is 7.17. The molecule has 2 heterocycles. The monoisotopic (exact) mass is 414 g/mol. The summed E-state index contributed by atoms with van der Waals surface area (Å²) in [6.07, 6.45) is 3.87. The molecule has 0 bridgehead atoms. The molecule has 29 heavy (non-hydrogen) atoms. The van der Waals surface area contributed by atoms with E-state index in [0.717, 1.165) is 37.1 Å². The highest BCUT2D eigenvalue weighted by Crippen LogP contribution is 2.31.